The molecule has 0 radical (unpaired) electrons. The second-order valence-corrected chi connectivity index (χ2v) is 6.60. The Labute approximate surface area is 113 Å². The lowest BCUT2D eigenvalue weighted by Gasteiger charge is -2.24. The van der Waals surface area contributed by atoms with Gasteiger partial charge in [0.05, 0.1) is 17.7 Å². The third-order valence-corrected chi connectivity index (χ3v) is 5.29. The first-order chi connectivity index (χ1) is 8.77. The van der Waals surface area contributed by atoms with Crippen molar-refractivity contribution in [3.05, 3.63) is 16.6 Å². The standard InChI is InChI=1S/C14H22N2OS/c1-11(13-15-8-9-18-13)16-10-12-4-7-14(17-12)5-2-3-6-14/h8-9,11-12,16H,2-7,10H2,1H3. The van der Waals surface area contributed by atoms with Crippen LogP contribution in [0, 0.1) is 0 Å². The van der Waals surface area contributed by atoms with Gasteiger partial charge in [-0.3, -0.25) is 0 Å². The maximum absolute atomic E-state index is 6.30. The topological polar surface area (TPSA) is 34.1 Å². The van der Waals surface area contributed by atoms with Crippen LogP contribution in [0.4, 0.5) is 0 Å². The highest BCUT2D eigenvalue weighted by Gasteiger charge is 2.41. The summed E-state index contributed by atoms with van der Waals surface area (Å²) in [6.45, 7) is 3.14. The molecule has 0 aromatic carbocycles. The minimum Gasteiger partial charge on any atom is -0.370 e. The van der Waals surface area contributed by atoms with Gasteiger partial charge in [-0.1, -0.05) is 12.8 Å². The van der Waals surface area contributed by atoms with E-state index in [4.69, 9.17) is 4.74 Å². The molecule has 0 bridgehead atoms. The van der Waals surface area contributed by atoms with E-state index < -0.39 is 0 Å². The predicted octanol–water partition coefficient (Wildman–Crippen LogP) is 3.29. The van der Waals surface area contributed by atoms with Gasteiger partial charge in [-0.05, 0) is 32.6 Å². The SMILES string of the molecule is CC(NCC1CCC2(CCCC2)O1)c1nccs1. The van der Waals surface area contributed by atoms with Gasteiger partial charge in [0.2, 0.25) is 0 Å². The fourth-order valence-corrected chi connectivity index (χ4v) is 3.94. The van der Waals surface area contributed by atoms with Crippen LogP contribution in [0.5, 0.6) is 0 Å². The zero-order chi connectivity index (χ0) is 12.4. The van der Waals surface area contributed by atoms with E-state index >= 15 is 0 Å². The van der Waals surface area contributed by atoms with Crippen molar-refractivity contribution in [1.29, 1.82) is 0 Å². The van der Waals surface area contributed by atoms with Crippen LogP contribution in [0.25, 0.3) is 0 Å². The smallest absolute Gasteiger partial charge is 0.109 e. The minimum absolute atomic E-state index is 0.261. The van der Waals surface area contributed by atoms with E-state index in [0.717, 1.165) is 6.54 Å². The number of hydrogen-bond acceptors (Lipinski definition) is 4. The van der Waals surface area contributed by atoms with E-state index in [1.807, 2.05) is 11.6 Å². The monoisotopic (exact) mass is 266 g/mol. The fourth-order valence-electron chi connectivity index (χ4n) is 3.27. The van der Waals surface area contributed by atoms with E-state index in [1.165, 1.54) is 43.5 Å². The van der Waals surface area contributed by atoms with Crippen LogP contribution >= 0.6 is 11.3 Å². The van der Waals surface area contributed by atoms with Crippen molar-refractivity contribution in [3.8, 4) is 0 Å². The molecule has 1 aromatic heterocycles. The molecule has 2 unspecified atom stereocenters. The van der Waals surface area contributed by atoms with Crippen molar-refractivity contribution in [2.75, 3.05) is 6.54 Å². The van der Waals surface area contributed by atoms with Crippen molar-refractivity contribution in [3.63, 3.8) is 0 Å². The largest absolute Gasteiger partial charge is 0.370 e. The van der Waals surface area contributed by atoms with Gasteiger partial charge in [0.15, 0.2) is 0 Å². The molecule has 1 aromatic rings. The molecule has 3 nitrogen and oxygen atoms in total. The van der Waals surface area contributed by atoms with Crippen LogP contribution in [-0.2, 0) is 4.74 Å². The van der Waals surface area contributed by atoms with Crippen LogP contribution in [0.3, 0.4) is 0 Å². The third-order valence-electron chi connectivity index (χ3n) is 4.33. The molecule has 2 heterocycles. The number of nitrogens with zero attached hydrogens (tertiary/aromatic N) is 1. The Morgan fingerprint density at radius 1 is 1.50 bits per heavy atom. The number of ether oxygens (including phenoxy) is 1. The maximum atomic E-state index is 6.30. The fraction of sp³-hybridized carbons (Fsp3) is 0.786. The van der Waals surface area contributed by atoms with E-state index in [1.54, 1.807) is 11.3 Å². The van der Waals surface area contributed by atoms with E-state index in [2.05, 4.69) is 17.2 Å². The molecule has 1 aliphatic carbocycles. The molecule has 3 rings (SSSR count). The van der Waals surface area contributed by atoms with Crippen LogP contribution in [0.1, 0.15) is 56.5 Å². The van der Waals surface area contributed by atoms with E-state index in [0.29, 0.717) is 12.1 Å². The second kappa shape index (κ2) is 5.27. The quantitative estimate of drug-likeness (QED) is 0.908. The Morgan fingerprint density at radius 3 is 3.06 bits per heavy atom. The highest BCUT2D eigenvalue weighted by Crippen LogP contribution is 2.43. The molecule has 4 heteroatoms. The van der Waals surface area contributed by atoms with Gasteiger partial charge in [-0.2, -0.15) is 0 Å². The maximum Gasteiger partial charge on any atom is 0.109 e. The highest BCUT2D eigenvalue weighted by atomic mass is 32.1. The minimum atomic E-state index is 0.261. The molecule has 2 fully saturated rings. The Balaban J connectivity index is 1.47. The molecule has 1 N–H and O–H groups in total. The number of thiazole rings is 1. The number of aromatic nitrogens is 1. The lowest BCUT2D eigenvalue weighted by Crippen LogP contribution is -2.32. The number of hydrogen-bond donors (Lipinski definition) is 1. The normalized spacial score (nSPS) is 27.9. The molecule has 1 spiro atoms. The average molecular weight is 266 g/mol. The van der Waals surface area contributed by atoms with Crippen molar-refractivity contribution >= 4 is 11.3 Å². The van der Waals surface area contributed by atoms with Gasteiger partial charge in [0, 0.05) is 18.1 Å². The molecule has 0 amide bonds. The summed E-state index contributed by atoms with van der Waals surface area (Å²) in [4.78, 5) is 4.35. The first-order valence-corrected chi connectivity index (χ1v) is 7.96. The second-order valence-electron chi connectivity index (χ2n) is 5.67. The van der Waals surface area contributed by atoms with Crippen molar-refractivity contribution < 1.29 is 4.74 Å². The molecule has 2 atom stereocenters. The molecular weight excluding hydrogens is 244 g/mol. The van der Waals surface area contributed by atoms with Gasteiger partial charge in [-0.25, -0.2) is 4.98 Å². The van der Waals surface area contributed by atoms with Crippen molar-refractivity contribution in [2.24, 2.45) is 0 Å². The lowest BCUT2D eigenvalue weighted by atomic mass is 9.98. The number of rotatable bonds is 4. The van der Waals surface area contributed by atoms with E-state index in [-0.39, 0.29) is 5.60 Å². The molecule has 2 aliphatic rings. The summed E-state index contributed by atoms with van der Waals surface area (Å²) in [6.07, 6.45) is 10.0. The molecule has 100 valence electrons. The lowest BCUT2D eigenvalue weighted by molar-refractivity contribution is -0.0357. The van der Waals surface area contributed by atoms with E-state index in [9.17, 15) is 0 Å². The summed E-state index contributed by atoms with van der Waals surface area (Å²) < 4.78 is 6.30. The molecule has 1 saturated heterocycles. The Hall–Kier alpha value is -0.450. The highest BCUT2D eigenvalue weighted by molar-refractivity contribution is 7.09. The zero-order valence-electron chi connectivity index (χ0n) is 11.0. The summed E-state index contributed by atoms with van der Waals surface area (Å²) in [5.41, 5.74) is 0.261. The average Bonchev–Trinajstić information content (AvgIpc) is 3.09. The predicted molar refractivity (Wildman–Crippen MR) is 73.8 cm³/mol. The van der Waals surface area contributed by atoms with Crippen LogP contribution in [-0.4, -0.2) is 23.2 Å². The Kier molecular flexibility index (Phi) is 3.68. The summed E-state index contributed by atoms with van der Waals surface area (Å²) in [6, 6.07) is 0.341. The molecular formula is C14H22N2OS. The zero-order valence-corrected chi connectivity index (χ0v) is 11.8. The van der Waals surface area contributed by atoms with Crippen LogP contribution in [0.2, 0.25) is 0 Å². The summed E-state index contributed by atoms with van der Waals surface area (Å²) in [5, 5.41) is 6.76. The molecule has 1 saturated carbocycles. The Bertz CT molecular complexity index is 373. The van der Waals surface area contributed by atoms with Crippen LogP contribution in [0.15, 0.2) is 11.6 Å². The van der Waals surface area contributed by atoms with Gasteiger partial charge in [0.25, 0.3) is 0 Å². The van der Waals surface area contributed by atoms with Gasteiger partial charge in [-0.15, -0.1) is 11.3 Å². The first kappa shape index (κ1) is 12.6. The summed E-state index contributed by atoms with van der Waals surface area (Å²) in [5.74, 6) is 0. The summed E-state index contributed by atoms with van der Waals surface area (Å²) in [7, 11) is 0. The van der Waals surface area contributed by atoms with Gasteiger partial charge < -0.3 is 10.1 Å². The van der Waals surface area contributed by atoms with Crippen LogP contribution < -0.4 is 5.32 Å². The third kappa shape index (κ3) is 2.60. The van der Waals surface area contributed by atoms with Crippen molar-refractivity contribution in [2.45, 2.75) is 63.2 Å². The van der Waals surface area contributed by atoms with Gasteiger partial charge in [0.1, 0.15) is 5.01 Å². The van der Waals surface area contributed by atoms with Gasteiger partial charge >= 0.3 is 0 Å². The molecule has 18 heavy (non-hydrogen) atoms. The Morgan fingerprint density at radius 2 is 2.33 bits per heavy atom. The molecule has 1 aliphatic heterocycles. The number of nitrogens with one attached hydrogen (secondary N) is 1. The van der Waals surface area contributed by atoms with Crippen molar-refractivity contribution in [1.82, 2.24) is 10.3 Å². The first-order valence-electron chi connectivity index (χ1n) is 7.08. The summed E-state index contributed by atoms with van der Waals surface area (Å²) >= 11 is 1.72.